The molecule has 0 bridgehead atoms. The number of carboxylic acids is 2. The van der Waals surface area contributed by atoms with E-state index in [0.717, 1.165) is 0 Å². The molecule has 0 aromatic rings. The van der Waals surface area contributed by atoms with Crippen LogP contribution >= 0.6 is 0 Å². The predicted octanol–water partition coefficient (Wildman–Crippen LogP) is 0.895. The van der Waals surface area contributed by atoms with Crippen molar-refractivity contribution < 1.29 is 29.3 Å². The minimum absolute atomic E-state index is 0.0187. The molecule has 0 spiro atoms. The highest BCUT2D eigenvalue weighted by Gasteiger charge is 2.26. The molecule has 0 radical (unpaired) electrons. The fourth-order valence-corrected chi connectivity index (χ4v) is 1.21. The molecule has 0 saturated heterocycles. The molecule has 0 heterocycles. The molecule has 0 aromatic heterocycles. The number of hydrogen-bond acceptors (Lipinski definition) is 4. The zero-order chi connectivity index (χ0) is 12.6. The van der Waals surface area contributed by atoms with Crippen molar-refractivity contribution in [2.75, 3.05) is 6.61 Å². The van der Waals surface area contributed by atoms with Crippen LogP contribution in [0, 0.1) is 5.92 Å². The van der Waals surface area contributed by atoms with Crippen molar-refractivity contribution in [1.29, 1.82) is 0 Å². The maximum atomic E-state index is 11.2. The van der Waals surface area contributed by atoms with E-state index in [0.29, 0.717) is 12.8 Å². The minimum Gasteiger partial charge on any atom is -0.481 e. The number of carbonyl (C=O) groups is 3. The second-order valence-corrected chi connectivity index (χ2v) is 3.28. The van der Waals surface area contributed by atoms with Crippen molar-refractivity contribution in [2.24, 2.45) is 5.92 Å². The quantitative estimate of drug-likeness (QED) is 0.366. The van der Waals surface area contributed by atoms with Gasteiger partial charge in [0.2, 0.25) is 0 Å². The van der Waals surface area contributed by atoms with Gasteiger partial charge in [-0.2, -0.15) is 0 Å². The number of esters is 1. The molecule has 0 fully saturated rings. The molecule has 0 saturated carbocycles. The van der Waals surface area contributed by atoms with Gasteiger partial charge >= 0.3 is 17.9 Å². The van der Waals surface area contributed by atoms with E-state index in [1.165, 1.54) is 0 Å². The van der Waals surface area contributed by atoms with E-state index in [1.807, 2.05) is 0 Å². The first kappa shape index (κ1) is 14.4. The minimum atomic E-state index is -1.23. The second-order valence-electron chi connectivity index (χ2n) is 3.28. The van der Waals surface area contributed by atoms with Gasteiger partial charge < -0.3 is 14.9 Å². The summed E-state index contributed by atoms with van der Waals surface area (Å²) in [6.07, 6.45) is 0.831. The Balaban J connectivity index is 4.00. The van der Waals surface area contributed by atoms with Gasteiger partial charge in [0.1, 0.15) is 0 Å². The first-order valence-electron chi connectivity index (χ1n) is 5.10. The molecule has 0 aliphatic carbocycles. The summed E-state index contributed by atoms with van der Waals surface area (Å²) in [7, 11) is 0. The number of carboxylic acid groups (broad SMARTS) is 2. The van der Waals surface area contributed by atoms with Crippen molar-refractivity contribution >= 4 is 17.9 Å². The number of rotatable bonds is 8. The molecule has 6 nitrogen and oxygen atoms in total. The van der Waals surface area contributed by atoms with Crippen LogP contribution in [0.3, 0.4) is 0 Å². The van der Waals surface area contributed by atoms with Gasteiger partial charge in [0, 0.05) is 6.42 Å². The van der Waals surface area contributed by atoms with Crippen LogP contribution in [0.1, 0.15) is 32.6 Å². The van der Waals surface area contributed by atoms with E-state index >= 15 is 0 Å². The van der Waals surface area contributed by atoms with Crippen molar-refractivity contribution in [1.82, 2.24) is 0 Å². The lowest BCUT2D eigenvalue weighted by Gasteiger charge is -2.10. The van der Waals surface area contributed by atoms with Gasteiger partial charge in [-0.1, -0.05) is 6.42 Å². The van der Waals surface area contributed by atoms with Crippen LogP contribution in [0.5, 0.6) is 0 Å². The lowest BCUT2D eigenvalue weighted by Crippen LogP contribution is -2.25. The van der Waals surface area contributed by atoms with Crippen molar-refractivity contribution in [3.63, 3.8) is 0 Å². The monoisotopic (exact) mass is 232 g/mol. The van der Waals surface area contributed by atoms with Gasteiger partial charge in [-0.15, -0.1) is 0 Å². The molecule has 0 amide bonds. The lowest BCUT2D eigenvalue weighted by atomic mass is 10.0. The average molecular weight is 232 g/mol. The number of unbranched alkanes of at least 4 members (excludes halogenated alkanes) is 1. The zero-order valence-corrected chi connectivity index (χ0v) is 9.14. The number of carbonyl (C=O) groups excluding carboxylic acids is 1. The fraction of sp³-hybridized carbons (Fsp3) is 0.700. The summed E-state index contributed by atoms with van der Waals surface area (Å²) in [4.78, 5) is 32.1. The standard InChI is InChI=1S/C10H16O6/c1-2-16-10(15)7(9(13)14)5-3-4-6-8(11)12/h7H,2-6H2,1H3,(H,11,12)(H,13,14). The summed E-state index contributed by atoms with van der Waals surface area (Å²) in [5.74, 6) is -4.10. The second kappa shape index (κ2) is 7.67. The number of hydrogen-bond donors (Lipinski definition) is 2. The molecule has 92 valence electrons. The molecule has 0 aliphatic rings. The van der Waals surface area contributed by atoms with E-state index in [2.05, 4.69) is 4.74 Å². The molecule has 1 unspecified atom stereocenters. The average Bonchev–Trinajstić information content (AvgIpc) is 2.16. The van der Waals surface area contributed by atoms with Crippen molar-refractivity contribution in [2.45, 2.75) is 32.6 Å². The van der Waals surface area contributed by atoms with Gasteiger partial charge in [0.05, 0.1) is 6.61 Å². The Hall–Kier alpha value is -1.59. The molecule has 16 heavy (non-hydrogen) atoms. The van der Waals surface area contributed by atoms with E-state index in [9.17, 15) is 14.4 Å². The van der Waals surface area contributed by atoms with Gasteiger partial charge in [-0.3, -0.25) is 14.4 Å². The Bertz CT molecular complexity index is 260. The third-order valence-electron chi connectivity index (χ3n) is 2.00. The lowest BCUT2D eigenvalue weighted by molar-refractivity contribution is -0.158. The van der Waals surface area contributed by atoms with E-state index in [4.69, 9.17) is 10.2 Å². The summed E-state index contributed by atoms with van der Waals surface area (Å²) in [6, 6.07) is 0. The van der Waals surface area contributed by atoms with E-state index in [1.54, 1.807) is 6.92 Å². The molecule has 0 rings (SSSR count). The highest BCUT2D eigenvalue weighted by molar-refractivity contribution is 5.93. The number of ether oxygens (including phenoxy) is 1. The van der Waals surface area contributed by atoms with Crippen LogP contribution in [-0.2, 0) is 19.1 Å². The van der Waals surface area contributed by atoms with Crippen LogP contribution in [0.4, 0.5) is 0 Å². The third kappa shape index (κ3) is 6.00. The molecular weight excluding hydrogens is 216 g/mol. The molecule has 2 N–H and O–H groups in total. The Kier molecular flexibility index (Phi) is 6.91. The maximum absolute atomic E-state index is 11.2. The van der Waals surface area contributed by atoms with Crippen molar-refractivity contribution in [3.8, 4) is 0 Å². The summed E-state index contributed by atoms with van der Waals surface area (Å²) in [5.41, 5.74) is 0. The largest absolute Gasteiger partial charge is 0.481 e. The molecule has 0 aromatic carbocycles. The first-order valence-corrected chi connectivity index (χ1v) is 5.10. The van der Waals surface area contributed by atoms with Crippen LogP contribution in [0.25, 0.3) is 0 Å². The zero-order valence-electron chi connectivity index (χ0n) is 9.14. The summed E-state index contributed by atoms with van der Waals surface area (Å²) < 4.78 is 4.61. The van der Waals surface area contributed by atoms with Crippen LogP contribution in [-0.4, -0.2) is 34.7 Å². The van der Waals surface area contributed by atoms with Gasteiger partial charge in [0.15, 0.2) is 5.92 Å². The van der Waals surface area contributed by atoms with Gasteiger partial charge in [-0.05, 0) is 19.8 Å². The van der Waals surface area contributed by atoms with Crippen LogP contribution in [0.2, 0.25) is 0 Å². The van der Waals surface area contributed by atoms with Crippen LogP contribution < -0.4 is 0 Å². The highest BCUT2D eigenvalue weighted by Crippen LogP contribution is 2.12. The summed E-state index contributed by atoms with van der Waals surface area (Å²) in [6.45, 7) is 1.74. The SMILES string of the molecule is CCOC(=O)C(CCCCC(=O)O)C(=O)O. The highest BCUT2D eigenvalue weighted by atomic mass is 16.5. The maximum Gasteiger partial charge on any atom is 0.320 e. The third-order valence-corrected chi connectivity index (χ3v) is 2.00. The van der Waals surface area contributed by atoms with Crippen LogP contribution in [0.15, 0.2) is 0 Å². The first-order chi connectivity index (χ1) is 7.49. The Labute approximate surface area is 93.2 Å². The normalized spacial score (nSPS) is 11.8. The molecular formula is C10H16O6. The summed E-state index contributed by atoms with van der Waals surface area (Å²) in [5, 5.41) is 17.1. The Morgan fingerprint density at radius 3 is 2.25 bits per heavy atom. The molecule has 6 heteroatoms. The number of aliphatic carboxylic acids is 2. The van der Waals surface area contributed by atoms with Gasteiger partial charge in [0.25, 0.3) is 0 Å². The summed E-state index contributed by atoms with van der Waals surface area (Å²) >= 11 is 0. The molecule has 0 aliphatic heterocycles. The van der Waals surface area contributed by atoms with Crippen molar-refractivity contribution in [3.05, 3.63) is 0 Å². The predicted molar refractivity (Wildman–Crippen MR) is 53.9 cm³/mol. The van der Waals surface area contributed by atoms with E-state index < -0.39 is 23.8 Å². The van der Waals surface area contributed by atoms with Gasteiger partial charge in [-0.25, -0.2) is 0 Å². The van der Waals surface area contributed by atoms with E-state index in [-0.39, 0.29) is 19.4 Å². The Morgan fingerprint density at radius 1 is 1.19 bits per heavy atom. The Morgan fingerprint density at radius 2 is 1.81 bits per heavy atom. The fourth-order valence-electron chi connectivity index (χ4n) is 1.21. The topological polar surface area (TPSA) is 101 Å². The molecule has 1 atom stereocenters. The smallest absolute Gasteiger partial charge is 0.320 e.